The Balaban J connectivity index is 2.15. The normalized spacial score (nSPS) is 12.2. The highest BCUT2D eigenvalue weighted by molar-refractivity contribution is 7.92. The molecule has 33 heavy (non-hydrogen) atoms. The van der Waals surface area contributed by atoms with Gasteiger partial charge in [-0.25, -0.2) is 12.8 Å². The number of carbonyl (C=O) groups is 2. The van der Waals surface area contributed by atoms with E-state index in [9.17, 15) is 22.4 Å². The van der Waals surface area contributed by atoms with Gasteiger partial charge < -0.3 is 10.2 Å². The minimum Gasteiger partial charge on any atom is -0.355 e. The molecule has 0 saturated heterocycles. The van der Waals surface area contributed by atoms with E-state index in [0.717, 1.165) is 11.8 Å². The standard InChI is InChI=1S/C24H32FN3O4S/c1-5-26-24(30)19(3)27(17-20-12-14-21(25)15-13-20)23(29)11-8-16-28(33(4,31)32)22-10-7-6-9-18(22)2/h6-7,9-10,12-15,19H,5,8,11,16-17H2,1-4H3,(H,26,30)/t19-/m1/s1. The Morgan fingerprint density at radius 2 is 1.73 bits per heavy atom. The van der Waals surface area contributed by atoms with Gasteiger partial charge in [0.25, 0.3) is 0 Å². The van der Waals surface area contributed by atoms with E-state index in [-0.39, 0.29) is 43.6 Å². The molecule has 180 valence electrons. The predicted molar refractivity (Wildman–Crippen MR) is 128 cm³/mol. The number of halogens is 1. The van der Waals surface area contributed by atoms with Gasteiger partial charge in [-0.2, -0.15) is 0 Å². The van der Waals surface area contributed by atoms with Crippen molar-refractivity contribution >= 4 is 27.5 Å². The summed E-state index contributed by atoms with van der Waals surface area (Å²) in [5.74, 6) is -0.951. The first kappa shape index (κ1) is 26.3. The molecule has 0 radical (unpaired) electrons. The summed E-state index contributed by atoms with van der Waals surface area (Å²) in [4.78, 5) is 27.0. The lowest BCUT2D eigenvalue weighted by Crippen LogP contribution is -2.47. The molecule has 0 fully saturated rings. The first-order valence-corrected chi connectivity index (χ1v) is 12.7. The quantitative estimate of drug-likeness (QED) is 0.538. The molecule has 0 saturated carbocycles. The summed E-state index contributed by atoms with van der Waals surface area (Å²) in [5, 5.41) is 2.72. The molecule has 1 N–H and O–H groups in total. The highest BCUT2D eigenvalue weighted by Crippen LogP contribution is 2.23. The molecule has 1 atom stereocenters. The summed E-state index contributed by atoms with van der Waals surface area (Å²) in [5.41, 5.74) is 2.09. The fourth-order valence-electron chi connectivity index (χ4n) is 3.52. The van der Waals surface area contributed by atoms with Crippen molar-refractivity contribution < 1.29 is 22.4 Å². The van der Waals surface area contributed by atoms with Crippen molar-refractivity contribution in [3.63, 3.8) is 0 Å². The van der Waals surface area contributed by atoms with E-state index in [1.54, 1.807) is 38.1 Å². The number of benzene rings is 2. The Hall–Kier alpha value is -2.94. The lowest BCUT2D eigenvalue weighted by molar-refractivity contribution is -0.140. The van der Waals surface area contributed by atoms with Crippen LogP contribution in [-0.4, -0.2) is 50.5 Å². The number of nitrogens with zero attached hydrogens (tertiary/aromatic N) is 2. The van der Waals surface area contributed by atoms with Crippen molar-refractivity contribution in [2.24, 2.45) is 0 Å². The van der Waals surface area contributed by atoms with Gasteiger partial charge in [-0.15, -0.1) is 0 Å². The Bertz CT molecular complexity index is 1060. The Labute approximate surface area is 195 Å². The third kappa shape index (κ3) is 7.56. The summed E-state index contributed by atoms with van der Waals surface area (Å²) in [6, 6.07) is 12.2. The first-order valence-electron chi connectivity index (χ1n) is 10.9. The topological polar surface area (TPSA) is 86.8 Å². The van der Waals surface area contributed by atoms with Crippen LogP contribution in [0.2, 0.25) is 0 Å². The lowest BCUT2D eigenvalue weighted by Gasteiger charge is -2.29. The molecule has 0 unspecified atom stereocenters. The molecule has 2 aromatic carbocycles. The van der Waals surface area contributed by atoms with Crippen molar-refractivity contribution in [1.82, 2.24) is 10.2 Å². The van der Waals surface area contributed by atoms with Gasteiger partial charge in [0.15, 0.2) is 0 Å². The summed E-state index contributed by atoms with van der Waals surface area (Å²) >= 11 is 0. The maximum atomic E-state index is 13.3. The van der Waals surface area contributed by atoms with Gasteiger partial charge in [-0.05, 0) is 56.5 Å². The van der Waals surface area contributed by atoms with Crippen LogP contribution in [-0.2, 0) is 26.2 Å². The van der Waals surface area contributed by atoms with Gasteiger partial charge >= 0.3 is 0 Å². The molecule has 0 aliphatic carbocycles. The molecule has 2 amide bonds. The minimum atomic E-state index is -3.54. The second-order valence-electron chi connectivity index (χ2n) is 7.94. The van der Waals surface area contributed by atoms with E-state index >= 15 is 0 Å². The number of amides is 2. The van der Waals surface area contributed by atoms with Gasteiger partial charge in [0, 0.05) is 26.1 Å². The minimum absolute atomic E-state index is 0.0584. The smallest absolute Gasteiger partial charge is 0.242 e. The van der Waals surface area contributed by atoms with Gasteiger partial charge in [-0.1, -0.05) is 30.3 Å². The average Bonchev–Trinajstić information content (AvgIpc) is 2.76. The molecule has 9 heteroatoms. The van der Waals surface area contributed by atoms with Gasteiger partial charge in [0.2, 0.25) is 21.8 Å². The molecule has 2 rings (SSSR count). The fraction of sp³-hybridized carbons (Fsp3) is 0.417. The summed E-state index contributed by atoms with van der Waals surface area (Å²) in [6.45, 7) is 5.98. The summed E-state index contributed by atoms with van der Waals surface area (Å²) in [7, 11) is -3.54. The highest BCUT2D eigenvalue weighted by Gasteiger charge is 2.26. The third-order valence-electron chi connectivity index (χ3n) is 5.32. The van der Waals surface area contributed by atoms with Crippen LogP contribution in [0.15, 0.2) is 48.5 Å². The Kier molecular flexibility index (Phi) is 9.40. The van der Waals surface area contributed by atoms with Crippen LogP contribution >= 0.6 is 0 Å². The van der Waals surface area contributed by atoms with E-state index in [0.29, 0.717) is 17.8 Å². The van der Waals surface area contributed by atoms with Gasteiger partial charge in [-0.3, -0.25) is 13.9 Å². The maximum absolute atomic E-state index is 13.3. The molecule has 0 aliphatic heterocycles. The third-order valence-corrected chi connectivity index (χ3v) is 6.50. The fourth-order valence-corrected chi connectivity index (χ4v) is 4.54. The van der Waals surface area contributed by atoms with E-state index in [4.69, 9.17) is 0 Å². The number of sulfonamides is 1. The monoisotopic (exact) mass is 477 g/mol. The number of aryl methyl sites for hydroxylation is 1. The van der Waals surface area contributed by atoms with Crippen LogP contribution in [0.3, 0.4) is 0 Å². The SMILES string of the molecule is CCNC(=O)[C@@H](C)N(Cc1ccc(F)cc1)C(=O)CCCN(c1ccccc1C)S(C)(=O)=O. The van der Waals surface area contributed by atoms with E-state index in [1.807, 2.05) is 19.1 Å². The zero-order valence-electron chi connectivity index (χ0n) is 19.5. The van der Waals surface area contributed by atoms with Gasteiger partial charge in [0.05, 0.1) is 11.9 Å². The average molecular weight is 478 g/mol. The lowest BCUT2D eigenvalue weighted by atomic mass is 10.1. The van der Waals surface area contributed by atoms with E-state index in [1.165, 1.54) is 21.3 Å². The zero-order valence-corrected chi connectivity index (χ0v) is 20.4. The molecule has 0 aliphatic rings. The molecular weight excluding hydrogens is 445 g/mol. The molecule has 0 heterocycles. The second kappa shape index (κ2) is 11.8. The van der Waals surface area contributed by atoms with Crippen molar-refractivity contribution in [3.8, 4) is 0 Å². The molecular formula is C24H32FN3O4S. The van der Waals surface area contributed by atoms with Crippen LogP contribution in [0.5, 0.6) is 0 Å². The van der Waals surface area contributed by atoms with Gasteiger partial charge in [0.1, 0.15) is 11.9 Å². The largest absolute Gasteiger partial charge is 0.355 e. The number of hydrogen-bond donors (Lipinski definition) is 1. The van der Waals surface area contributed by atoms with Crippen molar-refractivity contribution in [3.05, 3.63) is 65.5 Å². The summed E-state index contributed by atoms with van der Waals surface area (Å²) < 4.78 is 39.3. The number of para-hydroxylation sites is 1. The van der Waals surface area contributed by atoms with Crippen LogP contribution < -0.4 is 9.62 Å². The number of carbonyl (C=O) groups excluding carboxylic acids is 2. The number of rotatable bonds is 11. The second-order valence-corrected chi connectivity index (χ2v) is 9.85. The van der Waals surface area contributed by atoms with Crippen molar-refractivity contribution in [2.45, 2.75) is 46.2 Å². The molecule has 0 bridgehead atoms. The molecule has 0 spiro atoms. The van der Waals surface area contributed by atoms with E-state index in [2.05, 4.69) is 5.32 Å². The first-order chi connectivity index (χ1) is 15.5. The zero-order chi connectivity index (χ0) is 24.6. The number of likely N-dealkylation sites (N-methyl/N-ethyl adjacent to an activating group) is 1. The van der Waals surface area contributed by atoms with Crippen LogP contribution in [0, 0.1) is 12.7 Å². The van der Waals surface area contributed by atoms with E-state index < -0.39 is 16.1 Å². The van der Waals surface area contributed by atoms with Crippen LogP contribution in [0.4, 0.5) is 10.1 Å². The number of anilines is 1. The summed E-state index contributed by atoms with van der Waals surface area (Å²) in [6.07, 6.45) is 1.48. The maximum Gasteiger partial charge on any atom is 0.242 e. The Morgan fingerprint density at radius 1 is 1.09 bits per heavy atom. The predicted octanol–water partition coefficient (Wildman–Crippen LogP) is 3.23. The van der Waals surface area contributed by atoms with Crippen molar-refractivity contribution in [2.75, 3.05) is 23.7 Å². The number of hydrogen-bond acceptors (Lipinski definition) is 4. The van der Waals surface area contributed by atoms with Crippen molar-refractivity contribution in [1.29, 1.82) is 0 Å². The molecule has 2 aromatic rings. The molecule has 7 nitrogen and oxygen atoms in total. The number of nitrogens with one attached hydrogen (secondary N) is 1. The Morgan fingerprint density at radius 3 is 2.30 bits per heavy atom. The van der Waals surface area contributed by atoms with Crippen LogP contribution in [0.25, 0.3) is 0 Å². The highest BCUT2D eigenvalue weighted by atomic mass is 32.2. The molecule has 0 aromatic heterocycles. The van der Waals surface area contributed by atoms with Crippen LogP contribution in [0.1, 0.15) is 37.8 Å².